The highest BCUT2D eigenvalue weighted by Gasteiger charge is 2.22. The Morgan fingerprint density at radius 2 is 1.51 bits per heavy atom. The van der Waals surface area contributed by atoms with Gasteiger partial charge in [-0.1, -0.05) is 36.4 Å². The van der Waals surface area contributed by atoms with Gasteiger partial charge >= 0.3 is 0 Å². The first-order valence-corrected chi connectivity index (χ1v) is 12.6. The zero-order chi connectivity index (χ0) is 25.6. The number of carbonyl (C=O) groups is 1. The molecule has 0 unspecified atom stereocenters. The van der Waals surface area contributed by atoms with E-state index in [1.807, 2.05) is 29.2 Å². The second-order valence-electron chi connectivity index (χ2n) is 9.28. The minimum absolute atomic E-state index is 0.143. The molecule has 1 aromatic heterocycles. The van der Waals surface area contributed by atoms with Crippen LogP contribution in [0.15, 0.2) is 72.8 Å². The van der Waals surface area contributed by atoms with E-state index in [-0.39, 0.29) is 17.5 Å². The lowest BCUT2D eigenvalue weighted by molar-refractivity contribution is -0.133. The van der Waals surface area contributed by atoms with Crippen molar-refractivity contribution in [1.82, 2.24) is 19.8 Å². The molecule has 192 valence electrons. The maximum absolute atomic E-state index is 13.4. The van der Waals surface area contributed by atoms with Gasteiger partial charge in [0, 0.05) is 45.6 Å². The highest BCUT2D eigenvalue weighted by molar-refractivity contribution is 5.77. The summed E-state index contributed by atoms with van der Waals surface area (Å²) in [5, 5.41) is 0. The summed E-state index contributed by atoms with van der Waals surface area (Å²) in [4.78, 5) is 24.8. The summed E-state index contributed by atoms with van der Waals surface area (Å²) in [5.74, 6) is 0.351. The van der Waals surface area contributed by atoms with Gasteiger partial charge in [-0.3, -0.25) is 9.69 Å². The predicted molar refractivity (Wildman–Crippen MR) is 138 cm³/mol. The van der Waals surface area contributed by atoms with Crippen LogP contribution in [0.4, 0.5) is 8.78 Å². The Hall–Kier alpha value is -3.62. The average Bonchev–Trinajstić information content (AvgIpc) is 3.35. The van der Waals surface area contributed by atoms with E-state index in [0.29, 0.717) is 39.1 Å². The second-order valence-corrected chi connectivity index (χ2v) is 9.28. The van der Waals surface area contributed by atoms with Crippen LogP contribution in [-0.2, 0) is 16.0 Å². The maximum atomic E-state index is 13.4. The summed E-state index contributed by atoms with van der Waals surface area (Å²) in [6.45, 7) is 4.07. The molecule has 0 radical (unpaired) electrons. The number of fused-ring (bicyclic) bond motifs is 1. The number of nitrogens with one attached hydrogen (secondary N) is 1. The monoisotopic (exact) mass is 504 g/mol. The van der Waals surface area contributed by atoms with Crippen LogP contribution in [0.3, 0.4) is 0 Å². The number of nitrogens with zero attached hydrogens (tertiary/aromatic N) is 3. The van der Waals surface area contributed by atoms with Crippen molar-refractivity contribution in [1.29, 1.82) is 0 Å². The van der Waals surface area contributed by atoms with Gasteiger partial charge in [-0.05, 0) is 47.5 Å². The molecule has 1 amide bonds. The molecule has 0 saturated carbocycles. The lowest BCUT2D eigenvalue weighted by Gasteiger charge is -2.35. The third-order valence-corrected chi connectivity index (χ3v) is 6.78. The molecular formula is C29H30F2N4O2. The smallest absolute Gasteiger partial charge is 0.223 e. The van der Waals surface area contributed by atoms with Crippen molar-refractivity contribution in [2.24, 2.45) is 0 Å². The number of aryl methyl sites for hydroxylation is 1. The number of imidazole rings is 1. The molecule has 8 heteroatoms. The minimum atomic E-state index is -0.415. The predicted octanol–water partition coefficient (Wildman–Crippen LogP) is 4.72. The zero-order valence-corrected chi connectivity index (χ0v) is 20.6. The zero-order valence-electron chi connectivity index (χ0n) is 20.6. The molecule has 0 bridgehead atoms. The van der Waals surface area contributed by atoms with Crippen LogP contribution in [0, 0.1) is 11.6 Å². The Morgan fingerprint density at radius 3 is 2.14 bits per heavy atom. The summed E-state index contributed by atoms with van der Waals surface area (Å²) in [6, 6.07) is 20.2. The highest BCUT2D eigenvalue weighted by atomic mass is 19.1. The van der Waals surface area contributed by atoms with Gasteiger partial charge in [-0.25, -0.2) is 13.8 Å². The van der Waals surface area contributed by atoms with Crippen molar-refractivity contribution in [2.75, 3.05) is 39.3 Å². The molecule has 1 fully saturated rings. The van der Waals surface area contributed by atoms with Gasteiger partial charge in [-0.2, -0.15) is 0 Å². The summed E-state index contributed by atoms with van der Waals surface area (Å²) in [7, 11) is 0. The molecule has 1 aliphatic heterocycles. The second kappa shape index (κ2) is 11.6. The molecule has 1 aliphatic rings. The number of aromatic nitrogens is 2. The van der Waals surface area contributed by atoms with Gasteiger partial charge < -0.3 is 14.6 Å². The van der Waals surface area contributed by atoms with E-state index in [2.05, 4.69) is 14.9 Å². The third kappa shape index (κ3) is 6.39. The number of hydrogen-bond acceptors (Lipinski definition) is 4. The van der Waals surface area contributed by atoms with Crippen LogP contribution < -0.4 is 0 Å². The number of carbonyl (C=O) groups excluding carboxylic acids is 1. The van der Waals surface area contributed by atoms with Crippen molar-refractivity contribution in [3.8, 4) is 0 Å². The number of amides is 1. The molecule has 1 N–H and O–H groups in total. The van der Waals surface area contributed by atoms with Crippen LogP contribution in [0.1, 0.15) is 29.5 Å². The lowest BCUT2D eigenvalue weighted by Crippen LogP contribution is -2.49. The Labute approximate surface area is 214 Å². The van der Waals surface area contributed by atoms with Crippen molar-refractivity contribution in [2.45, 2.75) is 18.9 Å². The molecule has 6 nitrogen and oxygen atoms in total. The number of benzene rings is 3. The Kier molecular flexibility index (Phi) is 7.87. The van der Waals surface area contributed by atoms with Crippen molar-refractivity contribution < 1.29 is 18.3 Å². The van der Waals surface area contributed by atoms with E-state index in [1.165, 1.54) is 24.3 Å². The van der Waals surface area contributed by atoms with Gasteiger partial charge in [-0.15, -0.1) is 0 Å². The van der Waals surface area contributed by atoms with Gasteiger partial charge in [0.2, 0.25) is 5.91 Å². The van der Waals surface area contributed by atoms with E-state index in [4.69, 9.17) is 4.74 Å². The molecule has 1 saturated heterocycles. The third-order valence-electron chi connectivity index (χ3n) is 6.78. The van der Waals surface area contributed by atoms with E-state index in [9.17, 15) is 13.6 Å². The number of aromatic amines is 1. The number of para-hydroxylation sites is 2. The molecule has 3 aromatic carbocycles. The first kappa shape index (κ1) is 25.0. The maximum Gasteiger partial charge on any atom is 0.223 e. The van der Waals surface area contributed by atoms with E-state index in [0.717, 1.165) is 41.1 Å². The molecule has 5 rings (SSSR count). The Balaban J connectivity index is 1.09. The Morgan fingerprint density at radius 1 is 0.892 bits per heavy atom. The average molecular weight is 505 g/mol. The number of halogens is 2. The van der Waals surface area contributed by atoms with Crippen LogP contribution in [0.25, 0.3) is 11.0 Å². The van der Waals surface area contributed by atoms with Gasteiger partial charge in [0.15, 0.2) is 0 Å². The van der Waals surface area contributed by atoms with Crippen LogP contribution in [0.5, 0.6) is 0 Å². The normalized spacial score (nSPS) is 14.5. The van der Waals surface area contributed by atoms with Crippen LogP contribution >= 0.6 is 0 Å². The summed E-state index contributed by atoms with van der Waals surface area (Å²) in [6.07, 6.45) is 0.609. The van der Waals surface area contributed by atoms with E-state index >= 15 is 0 Å². The summed E-state index contributed by atoms with van der Waals surface area (Å²) in [5.41, 5.74) is 3.53. The number of H-pyrrole nitrogens is 1. The van der Waals surface area contributed by atoms with E-state index in [1.54, 1.807) is 24.3 Å². The van der Waals surface area contributed by atoms with Gasteiger partial charge in [0.1, 0.15) is 23.6 Å². The molecule has 0 spiro atoms. The topological polar surface area (TPSA) is 61.5 Å². The van der Waals surface area contributed by atoms with Crippen molar-refractivity contribution in [3.63, 3.8) is 0 Å². The minimum Gasteiger partial charge on any atom is -0.367 e. The molecule has 0 atom stereocenters. The van der Waals surface area contributed by atoms with Gasteiger partial charge in [0.25, 0.3) is 0 Å². The molecule has 4 aromatic rings. The number of piperazine rings is 1. The number of hydrogen-bond donors (Lipinski definition) is 1. The molecule has 2 heterocycles. The SMILES string of the molecule is O=C(CCc1nc2ccccc2[nH]1)N1CCN(CCOC(c2ccc(F)cc2)c2ccc(F)cc2)CC1. The Bertz CT molecular complexity index is 1240. The highest BCUT2D eigenvalue weighted by Crippen LogP contribution is 2.26. The first-order chi connectivity index (χ1) is 18.0. The quantitative estimate of drug-likeness (QED) is 0.358. The summed E-state index contributed by atoms with van der Waals surface area (Å²) < 4.78 is 33.1. The first-order valence-electron chi connectivity index (χ1n) is 12.6. The summed E-state index contributed by atoms with van der Waals surface area (Å²) >= 11 is 0. The van der Waals surface area contributed by atoms with Gasteiger partial charge in [0.05, 0.1) is 17.6 Å². The van der Waals surface area contributed by atoms with Crippen molar-refractivity contribution in [3.05, 3.63) is 101 Å². The van der Waals surface area contributed by atoms with Crippen LogP contribution in [-0.4, -0.2) is 65.0 Å². The largest absolute Gasteiger partial charge is 0.367 e. The number of ether oxygens (including phenoxy) is 1. The fourth-order valence-corrected chi connectivity index (χ4v) is 4.69. The molecule has 37 heavy (non-hydrogen) atoms. The van der Waals surface area contributed by atoms with Crippen LogP contribution in [0.2, 0.25) is 0 Å². The standard InChI is InChI=1S/C29H30F2N4O2/c30-23-9-5-21(6-10-23)29(22-7-11-24(31)12-8-22)37-20-19-34-15-17-35(18-16-34)28(36)14-13-27-32-25-3-1-2-4-26(25)33-27/h1-12,29H,13-20H2,(H,32,33). The molecule has 0 aliphatic carbocycles. The molecular weight excluding hydrogens is 474 g/mol. The fraction of sp³-hybridized carbons (Fsp3) is 0.310. The van der Waals surface area contributed by atoms with Crippen molar-refractivity contribution >= 4 is 16.9 Å². The fourth-order valence-electron chi connectivity index (χ4n) is 4.69. The van der Waals surface area contributed by atoms with E-state index < -0.39 is 6.10 Å². The number of rotatable bonds is 9. The lowest BCUT2D eigenvalue weighted by atomic mass is 10.0.